The molecule has 0 aliphatic rings. The molecule has 0 radical (unpaired) electrons. The highest BCUT2D eigenvalue weighted by atomic mass is 19.4. The number of ether oxygens (including phenoxy) is 1. The van der Waals surface area contributed by atoms with Gasteiger partial charge in [-0.05, 0) is 31.5 Å². The summed E-state index contributed by atoms with van der Waals surface area (Å²) in [6, 6.07) is 2.69. The largest absolute Gasteiger partial charge is 0.416 e. The Kier molecular flexibility index (Phi) is 5.75. The number of nitrogens with one attached hydrogen (secondary N) is 1. The lowest BCUT2D eigenvalue weighted by Gasteiger charge is -2.14. The zero-order valence-electron chi connectivity index (χ0n) is 10.9. The van der Waals surface area contributed by atoms with E-state index in [1.54, 1.807) is 0 Å². The minimum absolute atomic E-state index is 0.0244. The molecular weight excluding hydrogens is 262 g/mol. The lowest BCUT2D eigenvalue weighted by atomic mass is 10.1. The molecule has 1 aromatic rings. The first-order valence-electron chi connectivity index (χ1n) is 5.98. The third-order valence-electron chi connectivity index (χ3n) is 2.42. The van der Waals surface area contributed by atoms with E-state index in [1.807, 2.05) is 13.8 Å². The first-order valence-corrected chi connectivity index (χ1v) is 5.98. The Morgan fingerprint density at radius 2 is 1.95 bits per heavy atom. The molecule has 0 bridgehead atoms. The van der Waals surface area contributed by atoms with E-state index < -0.39 is 17.6 Å². The first-order chi connectivity index (χ1) is 8.80. The van der Waals surface area contributed by atoms with Crippen LogP contribution in [-0.4, -0.2) is 19.3 Å². The maximum Gasteiger partial charge on any atom is 0.416 e. The van der Waals surface area contributed by atoms with Crippen molar-refractivity contribution in [2.45, 2.75) is 32.7 Å². The van der Waals surface area contributed by atoms with E-state index in [1.165, 1.54) is 0 Å². The van der Waals surface area contributed by atoms with Crippen LogP contribution in [0.25, 0.3) is 0 Å². The molecule has 19 heavy (non-hydrogen) atoms. The highest BCUT2D eigenvalue weighted by molar-refractivity contribution is 5.30. The van der Waals surface area contributed by atoms with Crippen LogP contribution >= 0.6 is 0 Å². The molecule has 0 amide bonds. The third kappa shape index (κ3) is 5.57. The number of rotatable bonds is 6. The molecule has 0 aromatic heterocycles. The highest BCUT2D eigenvalue weighted by Crippen LogP contribution is 2.32. The molecule has 1 N–H and O–H groups in total. The minimum Gasteiger partial charge on any atom is -0.377 e. The summed E-state index contributed by atoms with van der Waals surface area (Å²) in [6.07, 6.45) is -4.47. The summed E-state index contributed by atoms with van der Waals surface area (Å²) in [5, 5.41) is 2.84. The van der Waals surface area contributed by atoms with Crippen LogP contribution in [0.15, 0.2) is 18.2 Å². The van der Waals surface area contributed by atoms with Crippen LogP contribution in [0.1, 0.15) is 25.0 Å². The summed E-state index contributed by atoms with van der Waals surface area (Å²) in [4.78, 5) is 0. The molecule has 0 atom stereocenters. The van der Waals surface area contributed by atoms with Crippen molar-refractivity contribution in [1.82, 2.24) is 5.32 Å². The van der Waals surface area contributed by atoms with E-state index in [4.69, 9.17) is 4.74 Å². The van der Waals surface area contributed by atoms with Gasteiger partial charge >= 0.3 is 6.18 Å². The van der Waals surface area contributed by atoms with Crippen LogP contribution in [0.3, 0.4) is 0 Å². The summed E-state index contributed by atoms with van der Waals surface area (Å²) in [5.74, 6) is -0.890. The van der Waals surface area contributed by atoms with Crippen molar-refractivity contribution in [3.63, 3.8) is 0 Å². The Labute approximate surface area is 109 Å². The highest BCUT2D eigenvalue weighted by Gasteiger charge is 2.33. The van der Waals surface area contributed by atoms with Crippen molar-refractivity contribution in [2.75, 3.05) is 13.2 Å². The predicted octanol–water partition coefficient (Wildman–Crippen LogP) is 3.36. The maximum atomic E-state index is 12.9. The zero-order valence-corrected chi connectivity index (χ0v) is 10.9. The van der Waals surface area contributed by atoms with Crippen molar-refractivity contribution in [1.29, 1.82) is 0 Å². The van der Waals surface area contributed by atoms with E-state index in [9.17, 15) is 17.6 Å². The average molecular weight is 279 g/mol. The van der Waals surface area contributed by atoms with Gasteiger partial charge < -0.3 is 10.1 Å². The molecule has 0 aliphatic carbocycles. The van der Waals surface area contributed by atoms with Crippen molar-refractivity contribution in [2.24, 2.45) is 0 Å². The zero-order chi connectivity index (χ0) is 14.5. The summed E-state index contributed by atoms with van der Waals surface area (Å²) >= 11 is 0. The second kappa shape index (κ2) is 6.86. The molecule has 1 aromatic carbocycles. The van der Waals surface area contributed by atoms with E-state index in [2.05, 4.69) is 5.32 Å². The second-order valence-electron chi connectivity index (χ2n) is 4.40. The average Bonchev–Trinajstić information content (AvgIpc) is 2.28. The fourth-order valence-corrected chi connectivity index (χ4v) is 1.56. The van der Waals surface area contributed by atoms with Gasteiger partial charge in [0, 0.05) is 13.1 Å². The molecule has 6 heteroatoms. The topological polar surface area (TPSA) is 21.3 Å². The quantitative estimate of drug-likeness (QED) is 0.637. The van der Waals surface area contributed by atoms with Gasteiger partial charge in [-0.15, -0.1) is 0 Å². The van der Waals surface area contributed by atoms with Crippen LogP contribution in [-0.2, 0) is 17.5 Å². The molecule has 0 saturated carbocycles. The molecule has 0 heterocycles. The fourth-order valence-electron chi connectivity index (χ4n) is 1.56. The minimum atomic E-state index is -4.55. The Morgan fingerprint density at radius 1 is 1.26 bits per heavy atom. The van der Waals surface area contributed by atoms with E-state index in [-0.39, 0.29) is 18.2 Å². The van der Waals surface area contributed by atoms with Gasteiger partial charge in [-0.25, -0.2) is 4.39 Å². The van der Waals surface area contributed by atoms with Crippen LogP contribution < -0.4 is 5.32 Å². The van der Waals surface area contributed by atoms with E-state index in [0.717, 1.165) is 12.1 Å². The van der Waals surface area contributed by atoms with Gasteiger partial charge in [0.15, 0.2) is 0 Å². The van der Waals surface area contributed by atoms with Gasteiger partial charge in [0.2, 0.25) is 0 Å². The molecule has 108 valence electrons. The molecule has 0 unspecified atom stereocenters. The van der Waals surface area contributed by atoms with Crippen molar-refractivity contribution in [3.05, 3.63) is 35.1 Å². The molecule has 0 aliphatic heterocycles. The SMILES string of the molecule is CC(C)OCCNCc1ccc(F)cc1C(F)(F)F. The van der Waals surface area contributed by atoms with E-state index >= 15 is 0 Å². The Hall–Kier alpha value is -1.14. The molecule has 2 nitrogen and oxygen atoms in total. The molecule has 1 rings (SSSR count). The number of hydrogen-bond donors (Lipinski definition) is 1. The molecule has 0 fully saturated rings. The van der Waals surface area contributed by atoms with Crippen LogP contribution in [0.5, 0.6) is 0 Å². The van der Waals surface area contributed by atoms with Crippen LogP contribution in [0.4, 0.5) is 17.6 Å². The van der Waals surface area contributed by atoms with Gasteiger partial charge in [-0.2, -0.15) is 13.2 Å². The monoisotopic (exact) mass is 279 g/mol. The summed E-state index contributed by atoms with van der Waals surface area (Å²) in [5.41, 5.74) is -0.914. The molecular formula is C13H17F4NO. The second-order valence-corrected chi connectivity index (χ2v) is 4.40. The summed E-state index contributed by atoms with van der Waals surface area (Å²) in [7, 11) is 0. The smallest absolute Gasteiger partial charge is 0.377 e. The number of alkyl halides is 3. The van der Waals surface area contributed by atoms with Gasteiger partial charge in [0.1, 0.15) is 5.82 Å². The van der Waals surface area contributed by atoms with E-state index in [0.29, 0.717) is 19.2 Å². The Balaban J connectivity index is 2.58. The number of benzene rings is 1. The Morgan fingerprint density at radius 3 is 2.53 bits per heavy atom. The number of hydrogen-bond acceptors (Lipinski definition) is 2. The van der Waals surface area contributed by atoms with Gasteiger partial charge in [0.25, 0.3) is 0 Å². The van der Waals surface area contributed by atoms with Crippen molar-refractivity contribution >= 4 is 0 Å². The number of halogens is 4. The lowest BCUT2D eigenvalue weighted by molar-refractivity contribution is -0.138. The maximum absolute atomic E-state index is 12.9. The first kappa shape index (κ1) is 15.9. The van der Waals surface area contributed by atoms with Crippen LogP contribution in [0.2, 0.25) is 0 Å². The molecule has 0 saturated heterocycles. The Bertz CT molecular complexity index is 404. The third-order valence-corrected chi connectivity index (χ3v) is 2.42. The predicted molar refractivity (Wildman–Crippen MR) is 64.2 cm³/mol. The summed E-state index contributed by atoms with van der Waals surface area (Å²) in [6.45, 7) is 4.63. The molecule has 0 spiro atoms. The lowest BCUT2D eigenvalue weighted by Crippen LogP contribution is -2.22. The van der Waals surface area contributed by atoms with Crippen molar-refractivity contribution < 1.29 is 22.3 Å². The summed E-state index contributed by atoms with van der Waals surface area (Å²) < 4.78 is 56.2. The van der Waals surface area contributed by atoms with Gasteiger partial charge in [-0.1, -0.05) is 6.07 Å². The van der Waals surface area contributed by atoms with Crippen LogP contribution in [0, 0.1) is 5.82 Å². The van der Waals surface area contributed by atoms with Crippen molar-refractivity contribution in [3.8, 4) is 0 Å². The van der Waals surface area contributed by atoms with Gasteiger partial charge in [-0.3, -0.25) is 0 Å². The van der Waals surface area contributed by atoms with Gasteiger partial charge in [0.05, 0.1) is 18.3 Å². The normalized spacial score (nSPS) is 12.2. The fraction of sp³-hybridized carbons (Fsp3) is 0.538. The standard InChI is InChI=1S/C13H17F4NO/c1-9(2)19-6-5-18-8-10-3-4-11(14)7-12(10)13(15,16)17/h3-4,7,9,18H,5-6,8H2,1-2H3.